The van der Waals surface area contributed by atoms with Crippen molar-refractivity contribution in [1.82, 2.24) is 65.4 Å². The van der Waals surface area contributed by atoms with Gasteiger partial charge in [0.15, 0.2) is 12.0 Å². The molecule has 2 saturated heterocycles. The quantitative estimate of drug-likeness (QED) is 0.0177. The minimum Gasteiger partial charge on any atom is -0.394 e. The maximum Gasteiger partial charge on any atom is 0.247 e. The summed E-state index contributed by atoms with van der Waals surface area (Å²) in [5.41, 5.74) is 18.3. The number of amides is 4. The number of aliphatic hydroxyl groups is 1. The Morgan fingerprint density at radius 3 is 1.62 bits per heavy atom. The van der Waals surface area contributed by atoms with Crippen LogP contribution in [-0.2, 0) is 46.2 Å². The number of nitrogens with one attached hydrogen (secondary N) is 3. The first-order chi connectivity index (χ1) is 45.4. The Labute approximate surface area is 552 Å². The number of piperazine rings is 2. The highest BCUT2D eigenvalue weighted by atomic mass is 16.5. The van der Waals surface area contributed by atoms with Gasteiger partial charge in [0, 0.05) is 104 Å². The van der Waals surface area contributed by atoms with E-state index in [1.807, 2.05) is 16.0 Å². The summed E-state index contributed by atoms with van der Waals surface area (Å²) >= 11 is 0. The first-order valence-corrected chi connectivity index (χ1v) is 34.9. The van der Waals surface area contributed by atoms with Crippen LogP contribution < -0.4 is 43.0 Å². The van der Waals surface area contributed by atoms with Crippen molar-refractivity contribution in [2.75, 3.05) is 146 Å². The second-order valence-corrected chi connectivity index (χ2v) is 24.5. The van der Waals surface area contributed by atoms with Crippen molar-refractivity contribution in [2.45, 2.75) is 193 Å². The molecule has 0 bridgehead atoms. The molecular formula is C65H114N20O8. The van der Waals surface area contributed by atoms with Gasteiger partial charge < -0.3 is 72.1 Å². The van der Waals surface area contributed by atoms with Gasteiger partial charge in [-0.25, -0.2) is 9.36 Å². The summed E-state index contributed by atoms with van der Waals surface area (Å²) in [6, 6.07) is -1.27. The fourth-order valence-electron chi connectivity index (χ4n) is 11.2. The molecule has 0 radical (unpaired) electrons. The van der Waals surface area contributed by atoms with Gasteiger partial charge >= 0.3 is 0 Å². The number of hydrogen-bond donors (Lipinski definition) is 7. The predicted octanol–water partition coefficient (Wildman–Crippen LogP) is 4.49. The molecule has 4 amide bonds. The van der Waals surface area contributed by atoms with Crippen LogP contribution in [0.3, 0.4) is 0 Å². The van der Waals surface area contributed by atoms with Gasteiger partial charge in [0.25, 0.3) is 0 Å². The Bertz CT molecular complexity index is 2600. The number of aliphatic imine (C=N–C) groups is 1. The summed E-state index contributed by atoms with van der Waals surface area (Å²) < 4.78 is 19.7. The van der Waals surface area contributed by atoms with Crippen LogP contribution in [0.5, 0.6) is 0 Å². The summed E-state index contributed by atoms with van der Waals surface area (Å²) in [6.45, 7) is 13.8. The number of aryl methyl sites for hydroxylation is 1. The lowest BCUT2D eigenvalue weighted by Gasteiger charge is -2.36. The highest BCUT2D eigenvalue weighted by Crippen LogP contribution is 2.22. The van der Waals surface area contributed by atoms with Gasteiger partial charge in [-0.2, -0.15) is 15.0 Å². The van der Waals surface area contributed by atoms with Crippen molar-refractivity contribution in [2.24, 2.45) is 28.1 Å². The number of aromatic nitrogens is 9. The molecule has 0 spiro atoms. The van der Waals surface area contributed by atoms with Crippen LogP contribution in [0.2, 0.25) is 0 Å². The highest BCUT2D eigenvalue weighted by Gasteiger charge is 2.28. The molecule has 3 aromatic heterocycles. The molecular weight excluding hydrogens is 1190 g/mol. The molecule has 0 aromatic carbocycles. The van der Waals surface area contributed by atoms with Gasteiger partial charge in [-0.1, -0.05) is 120 Å². The maximum absolute atomic E-state index is 13.4. The summed E-state index contributed by atoms with van der Waals surface area (Å²) in [7, 11) is 0. The Morgan fingerprint density at radius 1 is 0.613 bits per heavy atom. The van der Waals surface area contributed by atoms with Gasteiger partial charge in [-0.15, -0.1) is 16.6 Å². The largest absolute Gasteiger partial charge is 0.394 e. The van der Waals surface area contributed by atoms with E-state index in [2.05, 4.69) is 71.1 Å². The van der Waals surface area contributed by atoms with E-state index in [9.17, 15) is 24.3 Å². The van der Waals surface area contributed by atoms with Crippen molar-refractivity contribution in [1.29, 1.82) is 0 Å². The topological polar surface area (TPSA) is 356 Å². The molecule has 5 rings (SSSR count). The van der Waals surface area contributed by atoms with Gasteiger partial charge in [0.1, 0.15) is 12.6 Å². The molecule has 3 aromatic rings. The lowest BCUT2D eigenvalue weighted by atomic mass is 10.0. The molecule has 10 N–H and O–H groups in total. The molecule has 0 aliphatic carbocycles. The number of nitrogens with zero attached hydrogens (tertiary/aromatic N) is 14. The monoisotopic (exact) mass is 1300 g/mol. The molecule has 93 heavy (non-hydrogen) atoms. The first kappa shape index (κ1) is 76.9. The zero-order chi connectivity index (χ0) is 66.5. The molecule has 3 atom stereocenters. The van der Waals surface area contributed by atoms with Crippen LogP contribution in [-0.4, -0.2) is 221 Å². The van der Waals surface area contributed by atoms with E-state index in [4.69, 9.17) is 52.8 Å². The van der Waals surface area contributed by atoms with Crippen LogP contribution >= 0.6 is 0 Å². The standard InChI is InChI=1S/C65H114N20O8/c1-4-43-91-45-47-93-48-46-92-44-34-72-63-73-64(75-65(74-63)83-41-37-81(38-42-83)59(88)29-21-15-11-7-9-13-17-24-32-70-61(90)57(52-86)85-50-54(76-78-85)26-19-18-22-30-66)82-39-35-80(36-40-82)58(87)28-20-14-10-6-8-12-16-23-31-69-60(89)56(27-25-33-71-62(67)68)84-51-55(77-79-84)49-53(3)5-2/h1,50-51,53,56-57,86H,5-49,52,66H2,2-3H3,(H,69,89)(H,70,90)(H4,67,68,71)(H,72,73,74,75)/t53-,56-,57-/m0/s1. The smallest absolute Gasteiger partial charge is 0.247 e. The second-order valence-electron chi connectivity index (χ2n) is 24.5. The third-order valence-corrected chi connectivity index (χ3v) is 17.0. The van der Waals surface area contributed by atoms with E-state index in [-0.39, 0.29) is 42.8 Å². The van der Waals surface area contributed by atoms with E-state index in [0.717, 1.165) is 153 Å². The molecule has 522 valence electrons. The number of carbonyl (C=O) groups is 4. The van der Waals surface area contributed by atoms with Crippen LogP contribution in [0.25, 0.3) is 0 Å². The molecule has 0 unspecified atom stereocenters. The van der Waals surface area contributed by atoms with E-state index in [1.165, 1.54) is 4.68 Å². The fourth-order valence-corrected chi connectivity index (χ4v) is 11.2. The summed E-state index contributed by atoms with van der Waals surface area (Å²) in [5.74, 6) is 4.53. The average Bonchev–Trinajstić information content (AvgIpc) is 2.04. The molecule has 28 heteroatoms. The number of unbranched alkanes of at least 4 members (excludes halogenated alkanes) is 16. The summed E-state index contributed by atoms with van der Waals surface area (Å²) in [5, 5.41) is 36.2. The molecule has 0 saturated carbocycles. The number of aliphatic hydroxyl groups excluding tert-OH is 1. The molecule has 2 aliphatic heterocycles. The van der Waals surface area contributed by atoms with Gasteiger partial charge in [-0.3, -0.25) is 24.2 Å². The Balaban J connectivity index is 0.954. The second kappa shape index (κ2) is 47.1. The third kappa shape index (κ3) is 31.3. The number of anilines is 3. The van der Waals surface area contributed by atoms with Crippen molar-refractivity contribution in [3.8, 4) is 12.3 Å². The van der Waals surface area contributed by atoms with Crippen LogP contribution in [0.1, 0.15) is 191 Å². The van der Waals surface area contributed by atoms with Gasteiger partial charge in [-0.05, 0) is 76.7 Å². The highest BCUT2D eigenvalue weighted by molar-refractivity contribution is 5.81. The minimum absolute atomic E-state index is 0.0400. The van der Waals surface area contributed by atoms with Crippen molar-refractivity contribution >= 4 is 47.4 Å². The Morgan fingerprint density at radius 2 is 1.10 bits per heavy atom. The average molecular weight is 1300 g/mol. The van der Waals surface area contributed by atoms with Crippen LogP contribution in [0.15, 0.2) is 17.4 Å². The normalized spacial score (nSPS) is 14.4. The number of hydrogen-bond acceptors (Lipinski definition) is 20. The molecule has 2 fully saturated rings. The fraction of sp³-hybridized carbons (Fsp3) is 0.785. The zero-order valence-electron chi connectivity index (χ0n) is 56.3. The third-order valence-electron chi connectivity index (χ3n) is 17.0. The number of rotatable bonds is 52. The Hall–Kier alpha value is -6.80. The van der Waals surface area contributed by atoms with Crippen molar-refractivity contribution < 1.29 is 38.5 Å². The molecule has 2 aliphatic rings. The van der Waals surface area contributed by atoms with E-state index >= 15 is 0 Å². The van der Waals surface area contributed by atoms with E-state index in [1.54, 1.807) is 10.9 Å². The number of nitrogens with two attached hydrogens (primary N) is 3. The van der Waals surface area contributed by atoms with E-state index in [0.29, 0.717) is 168 Å². The van der Waals surface area contributed by atoms with Crippen molar-refractivity contribution in [3.63, 3.8) is 0 Å². The maximum atomic E-state index is 13.4. The van der Waals surface area contributed by atoms with Crippen LogP contribution in [0, 0.1) is 18.3 Å². The number of terminal acetylenes is 1. The first-order valence-electron chi connectivity index (χ1n) is 34.9. The number of carbonyl (C=O) groups excluding carboxylic acids is 4. The number of ether oxygens (including phenoxy) is 3. The Kier molecular flexibility index (Phi) is 39.0. The molecule has 5 heterocycles. The van der Waals surface area contributed by atoms with Gasteiger partial charge in [0.05, 0.1) is 51.0 Å². The summed E-state index contributed by atoms with van der Waals surface area (Å²) in [4.78, 5) is 79.8. The van der Waals surface area contributed by atoms with Crippen LogP contribution in [0.4, 0.5) is 17.8 Å². The zero-order valence-corrected chi connectivity index (χ0v) is 56.3. The minimum atomic E-state index is -0.792. The lowest BCUT2D eigenvalue weighted by molar-refractivity contribution is -0.132. The summed E-state index contributed by atoms with van der Waals surface area (Å²) in [6.07, 6.45) is 33.0. The predicted molar refractivity (Wildman–Crippen MR) is 361 cm³/mol. The van der Waals surface area contributed by atoms with Gasteiger partial charge in [0.2, 0.25) is 41.5 Å². The SMILES string of the molecule is C#CCOCCOCCOCCNc1nc(N2CCN(C(=O)CCCCCCCCCCNC(=O)[C@H](CO)n3cc(CCCCCN)nn3)CC2)nc(N2CCN(C(=O)CCCCCCCCCCNC(=O)[C@H](CCCN=C(N)N)n3cc(C[C@@H](C)CC)nn3)CC2)n1. The molecule has 28 nitrogen and oxygen atoms in total. The van der Waals surface area contributed by atoms with E-state index < -0.39 is 12.1 Å². The van der Waals surface area contributed by atoms with Crippen molar-refractivity contribution in [3.05, 3.63) is 23.8 Å². The number of guanidine groups is 1. The lowest BCUT2D eigenvalue weighted by Crippen LogP contribution is -2.50.